The topological polar surface area (TPSA) is 184 Å². The SMILES string of the molecule is CCC(C)C(=O)OC(C)(C)C12CC3CC(CC(C3)C1)C2.CCC(C)C(=O)OC1(C(C)C)C2CC3CC(C2)CC1C3.CCC(C)C(=O)OC1(C)CC2CCC1C2.CCC(C)C(=O)OC1(CC)C2CC3CC(C2)CC1C3.CCC(C)C(=O)OC1(CC)CC2CC1C1C3CCC(C3)C21.CCC(C)C(=O)OC1(CC)CC2CC1C1CCCC21.CCC(C)C(=O)OC1(CC)CC2CCC1C2. The molecular formula is C116H192O14. The Hall–Kier alpha value is -3.71. The van der Waals surface area contributed by atoms with Crippen molar-refractivity contribution in [1.82, 2.24) is 0 Å². The van der Waals surface area contributed by atoms with Gasteiger partial charge in [-0.25, -0.2) is 0 Å². The smallest absolute Gasteiger partial charge is 0.309 e. The van der Waals surface area contributed by atoms with E-state index in [9.17, 15) is 33.6 Å². The molecule has 0 N–H and O–H groups in total. The van der Waals surface area contributed by atoms with Crippen LogP contribution in [0.1, 0.15) is 448 Å². The third-order valence-electron chi connectivity index (χ3n) is 43.3. The lowest BCUT2D eigenvalue weighted by Gasteiger charge is -2.62. The molecule has 25 unspecified atom stereocenters. The molecule has 0 aliphatic heterocycles. The molecule has 23 saturated carbocycles. The number of esters is 7. The van der Waals surface area contributed by atoms with E-state index in [0.29, 0.717) is 53.3 Å². The van der Waals surface area contributed by atoms with Crippen molar-refractivity contribution in [3.8, 4) is 0 Å². The maximum Gasteiger partial charge on any atom is 0.309 e. The minimum Gasteiger partial charge on any atom is -0.459 e. The lowest BCUT2D eigenvalue weighted by molar-refractivity contribution is -0.227. The molecule has 14 nitrogen and oxygen atoms in total. The molecule has 23 aliphatic carbocycles. The first kappa shape index (κ1) is 102. The van der Waals surface area contributed by atoms with Crippen molar-refractivity contribution >= 4 is 41.8 Å². The highest BCUT2D eigenvalue weighted by atomic mass is 16.6. The van der Waals surface area contributed by atoms with Crippen molar-refractivity contribution in [2.24, 2.45) is 201 Å². The largest absolute Gasteiger partial charge is 0.459 e. The van der Waals surface area contributed by atoms with Gasteiger partial charge in [-0.3, -0.25) is 33.6 Å². The molecule has 23 aliphatic rings. The molecular weight excluding hydrogens is 1620 g/mol. The van der Waals surface area contributed by atoms with Crippen LogP contribution < -0.4 is 0 Å². The Bertz CT molecular complexity index is 3740. The average Bonchev–Trinajstić information content (AvgIpc) is 1.33. The second-order valence-corrected chi connectivity index (χ2v) is 50.8. The first-order valence-corrected chi connectivity index (χ1v) is 56.4. The predicted molar refractivity (Wildman–Crippen MR) is 518 cm³/mol. The summed E-state index contributed by atoms with van der Waals surface area (Å²) in [6.45, 7) is 48.3. The molecule has 22 bridgehead atoms. The van der Waals surface area contributed by atoms with Crippen LogP contribution in [-0.2, 0) is 66.7 Å². The van der Waals surface area contributed by atoms with Crippen molar-refractivity contribution in [2.75, 3.05) is 0 Å². The summed E-state index contributed by atoms with van der Waals surface area (Å²) < 4.78 is 42.5. The van der Waals surface area contributed by atoms with Gasteiger partial charge in [0.2, 0.25) is 0 Å². The van der Waals surface area contributed by atoms with Crippen LogP contribution >= 0.6 is 0 Å². The van der Waals surface area contributed by atoms with Crippen LogP contribution in [0.4, 0.5) is 0 Å². The summed E-state index contributed by atoms with van der Waals surface area (Å²) in [5.41, 5.74) is -0.698. The standard InChI is InChI=1S/C19H30O2.2C18H30O2.2C17H28O2.C14H24O2.C13H22O2/c1-4-11(3)18(20)21-19(5-2)10-14-9-15(19)17-13-7-6-12(8-13)16(14)17;1-5-12(2)16(19)20-17(3,4)18-9-13-6-14(10-18)8-15(7-13)11-18;1-5-12(4)17(19)20-18(11(2)3)15-7-13-6-14(9-15)10-16(18)8-13;1-4-11(3)16(18)19-17(5-2)14-7-12-6-13(9-14)10-15(17)8-12;1-4-11(3)16(18)19-17(5-2)10-12-9-15(17)14-8-6-7-13(12)14;1-4-10(3)13(15)16-14(5-2)9-11-6-7-12(14)8-11;1-4-9(2)12(14)15-13(3)8-10-5-6-11(13)7-10/h11-17H,4-10H2,1-3H3;12-15H,5-11H2,1-4H3;11-16H,5-10H2,1-4H3;2*11-15H,4-10H2,1-3H3;10-12H,4-9H2,1-3H3;9-11H,4-8H2,1-3H3. The normalized spacial score (nSPS) is 43.9. The lowest BCUT2D eigenvalue weighted by atomic mass is 9.46. The number of rotatable bonds is 27. The Kier molecular flexibility index (Phi) is 32.5. The monoisotopic (exact) mass is 1810 g/mol. The van der Waals surface area contributed by atoms with Crippen molar-refractivity contribution in [3.05, 3.63) is 0 Å². The van der Waals surface area contributed by atoms with Gasteiger partial charge < -0.3 is 33.2 Å². The zero-order valence-electron chi connectivity index (χ0n) is 87.1. The molecule has 0 amide bonds. The van der Waals surface area contributed by atoms with Crippen LogP contribution in [0.2, 0.25) is 0 Å². The Labute approximate surface area is 792 Å². The molecule has 130 heavy (non-hydrogen) atoms. The molecule has 0 aromatic heterocycles. The molecule has 23 rings (SSSR count). The summed E-state index contributed by atoms with van der Waals surface area (Å²) in [5, 5.41) is 0. The van der Waals surface area contributed by atoms with Gasteiger partial charge in [-0.1, -0.05) is 145 Å². The number of carbonyl (C=O) groups excluding carboxylic acids is 7. The molecule has 14 heteroatoms. The van der Waals surface area contributed by atoms with Gasteiger partial charge in [0.05, 0.1) is 41.4 Å². The first-order valence-electron chi connectivity index (χ1n) is 56.4. The first-order chi connectivity index (χ1) is 61.8. The molecule has 23 fully saturated rings. The summed E-state index contributed by atoms with van der Waals surface area (Å²) in [6, 6.07) is 0. The van der Waals surface area contributed by atoms with Gasteiger partial charge in [-0.05, 0) is 445 Å². The number of carbonyl (C=O) groups is 7. The summed E-state index contributed by atoms with van der Waals surface area (Å²) in [4.78, 5) is 85.4. The minimum atomic E-state index is -0.288. The van der Waals surface area contributed by atoms with Crippen molar-refractivity contribution in [1.29, 1.82) is 0 Å². The van der Waals surface area contributed by atoms with Gasteiger partial charge >= 0.3 is 41.8 Å². The fourth-order valence-corrected chi connectivity index (χ4v) is 35.0. The van der Waals surface area contributed by atoms with Crippen LogP contribution in [0.25, 0.3) is 0 Å². The quantitative estimate of drug-likeness (QED) is 0.0430. The van der Waals surface area contributed by atoms with E-state index in [1.807, 2.05) is 62.3 Å². The molecule has 0 aromatic carbocycles. The predicted octanol–water partition coefficient (Wildman–Crippen LogP) is 28.5. The van der Waals surface area contributed by atoms with E-state index in [0.717, 1.165) is 190 Å². The highest BCUT2D eigenvalue weighted by Gasteiger charge is 2.70. The zero-order chi connectivity index (χ0) is 93.9. The fraction of sp³-hybridized carbons (Fsp3) is 0.940. The highest BCUT2D eigenvalue weighted by molar-refractivity contribution is 5.75. The van der Waals surface area contributed by atoms with E-state index in [1.165, 1.54) is 199 Å². The minimum absolute atomic E-state index is 0.00699. The Morgan fingerprint density at radius 3 is 1.08 bits per heavy atom. The van der Waals surface area contributed by atoms with Crippen molar-refractivity contribution in [3.63, 3.8) is 0 Å². The zero-order valence-corrected chi connectivity index (χ0v) is 87.1. The van der Waals surface area contributed by atoms with Crippen molar-refractivity contribution in [2.45, 2.75) is 487 Å². The second kappa shape index (κ2) is 41.4. The summed E-state index contributed by atoms with van der Waals surface area (Å²) >= 11 is 0. The van der Waals surface area contributed by atoms with E-state index in [4.69, 9.17) is 33.2 Å². The van der Waals surface area contributed by atoms with Gasteiger partial charge in [0.1, 0.15) is 39.2 Å². The number of hydrogen-bond donors (Lipinski definition) is 0. The highest BCUT2D eigenvalue weighted by Crippen LogP contribution is 2.73. The molecule has 0 aromatic rings. The van der Waals surface area contributed by atoms with Crippen molar-refractivity contribution < 1.29 is 66.7 Å². The Morgan fingerprint density at radius 1 is 0.292 bits per heavy atom. The summed E-state index contributed by atoms with van der Waals surface area (Å²) in [7, 11) is 0. The van der Waals surface area contributed by atoms with E-state index < -0.39 is 0 Å². The van der Waals surface area contributed by atoms with E-state index in [-0.39, 0.29) is 128 Å². The van der Waals surface area contributed by atoms with Crippen LogP contribution in [0.15, 0.2) is 0 Å². The van der Waals surface area contributed by atoms with Gasteiger partial charge in [-0.2, -0.15) is 0 Å². The van der Waals surface area contributed by atoms with Gasteiger partial charge in [-0.15, -0.1) is 0 Å². The Morgan fingerprint density at radius 2 is 0.662 bits per heavy atom. The third-order valence-corrected chi connectivity index (χ3v) is 43.3. The molecule has 0 saturated heterocycles. The number of fused-ring (bicyclic) bond motifs is 18. The van der Waals surface area contributed by atoms with Gasteiger partial charge in [0.15, 0.2) is 0 Å². The Balaban J connectivity index is 0.000000123. The van der Waals surface area contributed by atoms with Gasteiger partial charge in [0.25, 0.3) is 0 Å². The maximum absolute atomic E-state index is 12.5. The molecule has 740 valence electrons. The molecule has 0 spiro atoms. The third kappa shape index (κ3) is 19.9. The molecule has 25 atom stereocenters. The van der Waals surface area contributed by atoms with Crippen LogP contribution in [0.3, 0.4) is 0 Å². The van der Waals surface area contributed by atoms with Crippen LogP contribution in [0.5, 0.6) is 0 Å². The summed E-state index contributed by atoms with van der Waals surface area (Å²) in [5.74, 6) is 21.8. The summed E-state index contributed by atoms with van der Waals surface area (Å²) in [6.07, 6.45) is 55.5. The fourth-order valence-electron chi connectivity index (χ4n) is 35.0. The average molecular weight is 1810 g/mol. The van der Waals surface area contributed by atoms with Crippen LogP contribution in [0, 0.1) is 201 Å². The second-order valence-electron chi connectivity index (χ2n) is 50.8. The molecule has 0 heterocycles. The van der Waals surface area contributed by atoms with E-state index in [1.54, 1.807) is 0 Å². The van der Waals surface area contributed by atoms with E-state index in [2.05, 4.69) is 96.9 Å². The van der Waals surface area contributed by atoms with E-state index >= 15 is 0 Å². The van der Waals surface area contributed by atoms with Crippen LogP contribution in [-0.4, -0.2) is 81.0 Å². The number of hydrogen-bond acceptors (Lipinski definition) is 14. The lowest BCUT2D eigenvalue weighted by Crippen LogP contribution is -2.62. The van der Waals surface area contributed by atoms with Gasteiger partial charge in [0, 0.05) is 17.3 Å². The molecule has 0 radical (unpaired) electrons. The number of ether oxygens (including phenoxy) is 7. The maximum atomic E-state index is 12.5.